The van der Waals surface area contributed by atoms with Gasteiger partial charge in [0, 0.05) is 25.0 Å². The molecule has 140 valence electrons. The van der Waals surface area contributed by atoms with Crippen LogP contribution in [0.1, 0.15) is 12.5 Å². The van der Waals surface area contributed by atoms with Gasteiger partial charge in [0.05, 0.1) is 4.90 Å². The number of carbonyl (C=O) groups is 1. The van der Waals surface area contributed by atoms with Gasteiger partial charge in [-0.25, -0.2) is 0 Å². The number of benzene rings is 2. The van der Waals surface area contributed by atoms with E-state index in [0.717, 1.165) is 11.6 Å². The van der Waals surface area contributed by atoms with Crippen LogP contribution in [0.15, 0.2) is 71.3 Å². The monoisotopic (exact) mass is 385 g/mol. The normalized spacial score (nSPS) is 11.5. The van der Waals surface area contributed by atoms with Gasteiger partial charge in [0.25, 0.3) is 16.0 Å². The molecule has 0 saturated heterocycles. The molecule has 0 saturated carbocycles. The van der Waals surface area contributed by atoms with Gasteiger partial charge >= 0.3 is 0 Å². The number of rotatable bonds is 7. The van der Waals surface area contributed by atoms with Crippen LogP contribution >= 0.6 is 0 Å². The molecule has 7 nitrogen and oxygen atoms in total. The number of hydrogen-bond donors (Lipinski definition) is 2. The van der Waals surface area contributed by atoms with E-state index in [2.05, 4.69) is 5.32 Å². The molecule has 0 aliphatic rings. The van der Waals surface area contributed by atoms with Crippen molar-refractivity contribution in [1.29, 1.82) is 5.26 Å². The van der Waals surface area contributed by atoms with Crippen LogP contribution in [0.25, 0.3) is 0 Å². The van der Waals surface area contributed by atoms with Crippen molar-refractivity contribution in [3.63, 3.8) is 0 Å². The molecule has 2 aromatic rings. The molecule has 0 aliphatic carbocycles. The number of carbonyl (C=O) groups excluding carboxylic acids is 1. The number of nitriles is 1. The van der Waals surface area contributed by atoms with Crippen LogP contribution in [0, 0.1) is 11.3 Å². The fraction of sp³-hybridized carbons (Fsp3) is 0.158. The molecule has 0 atom stereocenters. The standard InChI is InChI=1S/C19H19N3O4S/c1-2-22(13-15-7-4-3-5-8-15)14-16(12-20)19(23)21-17-9-6-10-18(11-17)27(24,25)26/h3-11,14H,2,13H2,1H3,(H,21,23)(H,24,25,26)/b16-14-. The Morgan fingerprint density at radius 3 is 2.52 bits per heavy atom. The highest BCUT2D eigenvalue weighted by Gasteiger charge is 2.14. The maximum absolute atomic E-state index is 12.4. The Labute approximate surface area is 158 Å². The summed E-state index contributed by atoms with van der Waals surface area (Å²) in [7, 11) is -4.38. The summed E-state index contributed by atoms with van der Waals surface area (Å²) in [6.07, 6.45) is 1.47. The third-order valence-electron chi connectivity index (χ3n) is 3.70. The summed E-state index contributed by atoms with van der Waals surface area (Å²) in [5, 5.41) is 11.8. The van der Waals surface area contributed by atoms with Crippen LogP contribution in [0.5, 0.6) is 0 Å². The lowest BCUT2D eigenvalue weighted by Gasteiger charge is -2.19. The Balaban J connectivity index is 2.17. The summed E-state index contributed by atoms with van der Waals surface area (Å²) >= 11 is 0. The molecule has 27 heavy (non-hydrogen) atoms. The zero-order valence-electron chi connectivity index (χ0n) is 14.7. The minimum Gasteiger partial charge on any atom is -0.372 e. The molecule has 0 radical (unpaired) electrons. The van der Waals surface area contributed by atoms with Gasteiger partial charge in [-0.05, 0) is 30.7 Å². The Bertz CT molecular complexity index is 980. The molecule has 0 aliphatic heterocycles. The van der Waals surface area contributed by atoms with Gasteiger partial charge in [-0.2, -0.15) is 13.7 Å². The van der Waals surface area contributed by atoms with E-state index in [-0.39, 0.29) is 16.2 Å². The Morgan fingerprint density at radius 2 is 1.93 bits per heavy atom. The molecular formula is C19H19N3O4S. The van der Waals surface area contributed by atoms with Crippen LogP contribution < -0.4 is 5.32 Å². The number of hydrogen-bond acceptors (Lipinski definition) is 5. The minimum atomic E-state index is -4.38. The van der Waals surface area contributed by atoms with Gasteiger partial charge < -0.3 is 10.2 Å². The molecule has 8 heteroatoms. The average molecular weight is 385 g/mol. The first kappa shape index (κ1) is 20.2. The summed E-state index contributed by atoms with van der Waals surface area (Å²) in [6, 6.07) is 16.6. The van der Waals surface area contributed by atoms with Gasteiger partial charge in [0.1, 0.15) is 11.6 Å². The first-order chi connectivity index (χ1) is 12.8. The lowest BCUT2D eigenvalue weighted by Crippen LogP contribution is -2.21. The van der Waals surface area contributed by atoms with E-state index < -0.39 is 16.0 Å². The number of nitrogens with one attached hydrogen (secondary N) is 1. The third-order valence-corrected chi connectivity index (χ3v) is 4.55. The van der Waals surface area contributed by atoms with E-state index in [1.54, 1.807) is 0 Å². The molecule has 1 amide bonds. The molecule has 2 aromatic carbocycles. The van der Waals surface area contributed by atoms with Crippen LogP contribution in [-0.2, 0) is 21.5 Å². The summed E-state index contributed by atoms with van der Waals surface area (Å²) in [5.41, 5.74) is 1.07. The zero-order valence-corrected chi connectivity index (χ0v) is 15.5. The van der Waals surface area contributed by atoms with Crippen molar-refractivity contribution < 1.29 is 17.8 Å². The van der Waals surface area contributed by atoms with Gasteiger partial charge in [0.2, 0.25) is 0 Å². The van der Waals surface area contributed by atoms with Crippen molar-refractivity contribution >= 4 is 21.7 Å². The van der Waals surface area contributed by atoms with Crippen molar-refractivity contribution in [2.45, 2.75) is 18.4 Å². The maximum Gasteiger partial charge on any atom is 0.294 e. The van der Waals surface area contributed by atoms with Crippen molar-refractivity contribution in [1.82, 2.24) is 4.90 Å². The van der Waals surface area contributed by atoms with E-state index in [0.29, 0.717) is 13.1 Å². The van der Waals surface area contributed by atoms with Crippen molar-refractivity contribution in [2.24, 2.45) is 0 Å². The quantitative estimate of drug-likeness (QED) is 0.431. The molecule has 2 N–H and O–H groups in total. The highest BCUT2D eigenvalue weighted by atomic mass is 32.2. The van der Waals surface area contributed by atoms with Crippen molar-refractivity contribution in [3.8, 4) is 6.07 Å². The molecule has 0 heterocycles. The summed E-state index contributed by atoms with van der Waals surface area (Å²) < 4.78 is 31.5. The van der Waals surface area contributed by atoms with Crippen LogP contribution in [0.2, 0.25) is 0 Å². The molecule has 0 bridgehead atoms. The fourth-order valence-corrected chi connectivity index (χ4v) is 2.85. The van der Waals surface area contributed by atoms with E-state index in [1.165, 1.54) is 24.4 Å². The smallest absolute Gasteiger partial charge is 0.294 e. The number of nitrogens with zero attached hydrogens (tertiary/aromatic N) is 2. The molecular weight excluding hydrogens is 366 g/mol. The predicted molar refractivity (Wildman–Crippen MR) is 101 cm³/mol. The Kier molecular flexibility index (Phi) is 6.71. The average Bonchev–Trinajstić information content (AvgIpc) is 2.65. The van der Waals surface area contributed by atoms with Crippen molar-refractivity contribution in [3.05, 3.63) is 71.9 Å². The first-order valence-electron chi connectivity index (χ1n) is 8.12. The van der Waals surface area contributed by atoms with Gasteiger partial charge in [-0.15, -0.1) is 0 Å². The van der Waals surface area contributed by atoms with Gasteiger partial charge in [-0.1, -0.05) is 36.4 Å². The van der Waals surface area contributed by atoms with E-state index >= 15 is 0 Å². The van der Waals surface area contributed by atoms with Gasteiger partial charge in [0.15, 0.2) is 0 Å². The second-order valence-corrected chi connectivity index (χ2v) is 7.08. The summed E-state index contributed by atoms with van der Waals surface area (Å²) in [5.74, 6) is -0.670. The Hall–Kier alpha value is -3.15. The molecule has 0 fully saturated rings. The SMILES string of the molecule is CCN(/C=C(/C#N)C(=O)Nc1cccc(S(=O)(=O)O)c1)Cc1ccccc1. The summed E-state index contributed by atoms with van der Waals surface area (Å²) in [4.78, 5) is 13.8. The number of amides is 1. The van der Waals surface area contributed by atoms with Crippen LogP contribution in [-0.4, -0.2) is 30.3 Å². The first-order valence-corrected chi connectivity index (χ1v) is 9.56. The van der Waals surface area contributed by atoms with Crippen LogP contribution in [0.3, 0.4) is 0 Å². The lowest BCUT2D eigenvalue weighted by molar-refractivity contribution is -0.112. The second kappa shape index (κ2) is 8.98. The van der Waals surface area contributed by atoms with E-state index in [4.69, 9.17) is 4.55 Å². The van der Waals surface area contributed by atoms with Crippen molar-refractivity contribution in [2.75, 3.05) is 11.9 Å². The summed E-state index contributed by atoms with van der Waals surface area (Å²) in [6.45, 7) is 3.03. The maximum atomic E-state index is 12.4. The highest BCUT2D eigenvalue weighted by molar-refractivity contribution is 7.85. The predicted octanol–water partition coefficient (Wildman–Crippen LogP) is 2.80. The van der Waals surface area contributed by atoms with Crippen LogP contribution in [0.4, 0.5) is 5.69 Å². The Morgan fingerprint density at radius 1 is 1.22 bits per heavy atom. The molecule has 0 aromatic heterocycles. The highest BCUT2D eigenvalue weighted by Crippen LogP contribution is 2.16. The van der Waals surface area contributed by atoms with E-state index in [9.17, 15) is 18.5 Å². The molecule has 0 unspecified atom stereocenters. The fourth-order valence-electron chi connectivity index (χ4n) is 2.32. The second-order valence-electron chi connectivity index (χ2n) is 5.66. The third kappa shape index (κ3) is 5.95. The minimum absolute atomic E-state index is 0.120. The number of anilines is 1. The lowest BCUT2D eigenvalue weighted by atomic mass is 10.2. The largest absolute Gasteiger partial charge is 0.372 e. The zero-order chi connectivity index (χ0) is 19.9. The van der Waals surface area contributed by atoms with E-state index in [1.807, 2.05) is 48.2 Å². The van der Waals surface area contributed by atoms with Gasteiger partial charge in [-0.3, -0.25) is 9.35 Å². The molecule has 2 rings (SSSR count). The molecule has 0 spiro atoms. The topological polar surface area (TPSA) is 111 Å².